The Morgan fingerprint density at radius 3 is 2.75 bits per heavy atom. The molecule has 0 spiro atoms. The molecule has 2 aromatic heterocycles. The topological polar surface area (TPSA) is 73.3 Å². The molecule has 0 bridgehead atoms. The van der Waals surface area contributed by atoms with Gasteiger partial charge in [0, 0.05) is 33.8 Å². The van der Waals surface area contributed by atoms with Crippen LogP contribution in [0.25, 0.3) is 32.9 Å². The molecule has 6 heteroatoms. The van der Waals surface area contributed by atoms with Crippen molar-refractivity contribution in [2.45, 2.75) is 25.3 Å². The lowest BCUT2D eigenvalue weighted by molar-refractivity contribution is 0.283. The number of aromatic nitrogens is 2. The molecule has 1 aliphatic carbocycles. The van der Waals surface area contributed by atoms with E-state index in [2.05, 4.69) is 0 Å². The Bertz CT molecular complexity index is 1230. The summed E-state index contributed by atoms with van der Waals surface area (Å²) in [6, 6.07) is 11.7. The number of nitrogens with zero attached hydrogens (tertiary/aromatic N) is 2. The van der Waals surface area contributed by atoms with Crippen LogP contribution >= 0.6 is 11.6 Å². The highest BCUT2D eigenvalue weighted by atomic mass is 35.5. The molecule has 28 heavy (non-hydrogen) atoms. The summed E-state index contributed by atoms with van der Waals surface area (Å²) in [4.78, 5) is 4.88. The predicted molar refractivity (Wildman–Crippen MR) is 113 cm³/mol. The summed E-state index contributed by atoms with van der Waals surface area (Å²) in [6.45, 7) is 0. The molecular formula is C22H20ClN3O2. The quantitative estimate of drug-likeness (QED) is 0.479. The van der Waals surface area contributed by atoms with Gasteiger partial charge in [0.2, 0.25) is 5.88 Å². The van der Waals surface area contributed by atoms with Crippen LogP contribution in [0.3, 0.4) is 0 Å². The molecule has 1 fully saturated rings. The summed E-state index contributed by atoms with van der Waals surface area (Å²) < 4.78 is 7.45. The first-order valence-corrected chi connectivity index (χ1v) is 9.72. The molecule has 0 aliphatic heterocycles. The van der Waals surface area contributed by atoms with E-state index in [1.807, 2.05) is 41.1 Å². The average molecular weight is 394 g/mol. The largest absolute Gasteiger partial charge is 0.496 e. The van der Waals surface area contributed by atoms with Crippen molar-refractivity contribution in [3.63, 3.8) is 0 Å². The number of methoxy groups -OCH3 is 1. The van der Waals surface area contributed by atoms with Crippen LogP contribution in [0.1, 0.15) is 25.3 Å². The number of anilines is 1. The highest BCUT2D eigenvalue weighted by Gasteiger charge is 2.25. The molecule has 0 unspecified atom stereocenters. The smallest absolute Gasteiger partial charge is 0.203 e. The summed E-state index contributed by atoms with van der Waals surface area (Å²) in [5.74, 6) is 0.921. The number of pyridine rings is 1. The van der Waals surface area contributed by atoms with E-state index in [0.29, 0.717) is 33.4 Å². The van der Waals surface area contributed by atoms with Gasteiger partial charge in [0.05, 0.1) is 29.2 Å². The van der Waals surface area contributed by atoms with Gasteiger partial charge in [-0.2, -0.15) is 0 Å². The first-order chi connectivity index (χ1) is 13.6. The number of hydrogen-bond donors (Lipinski definition) is 2. The van der Waals surface area contributed by atoms with E-state index in [-0.39, 0.29) is 5.88 Å². The Labute approximate surface area is 167 Å². The van der Waals surface area contributed by atoms with Crippen molar-refractivity contribution in [3.05, 3.63) is 47.6 Å². The van der Waals surface area contributed by atoms with Gasteiger partial charge in [-0.1, -0.05) is 29.8 Å². The van der Waals surface area contributed by atoms with Gasteiger partial charge in [0.15, 0.2) is 0 Å². The minimum absolute atomic E-state index is 0.206. The Morgan fingerprint density at radius 2 is 2.04 bits per heavy atom. The van der Waals surface area contributed by atoms with Crippen LogP contribution < -0.4 is 10.5 Å². The fraction of sp³-hybridized carbons (Fsp3) is 0.227. The maximum Gasteiger partial charge on any atom is 0.203 e. The van der Waals surface area contributed by atoms with Crippen molar-refractivity contribution in [1.82, 2.24) is 9.55 Å². The van der Waals surface area contributed by atoms with Crippen LogP contribution in [0.15, 0.2) is 42.6 Å². The van der Waals surface area contributed by atoms with E-state index in [1.54, 1.807) is 13.2 Å². The molecule has 1 aliphatic rings. The van der Waals surface area contributed by atoms with E-state index in [0.717, 1.165) is 34.9 Å². The number of rotatable bonds is 3. The number of hydrogen-bond acceptors (Lipinski definition) is 4. The molecule has 5 rings (SSSR count). The van der Waals surface area contributed by atoms with Gasteiger partial charge >= 0.3 is 0 Å². The van der Waals surface area contributed by atoms with E-state index < -0.39 is 0 Å². The highest BCUT2D eigenvalue weighted by molar-refractivity contribution is 6.31. The third-order valence-corrected chi connectivity index (χ3v) is 5.97. The van der Waals surface area contributed by atoms with Crippen molar-refractivity contribution >= 4 is 39.1 Å². The number of fused-ring (bicyclic) bond motifs is 2. The molecule has 0 radical (unpaired) electrons. The summed E-state index contributed by atoms with van der Waals surface area (Å²) in [5, 5.41) is 12.8. The van der Waals surface area contributed by atoms with Gasteiger partial charge in [0.25, 0.3) is 0 Å². The normalized spacial score (nSPS) is 14.5. The number of nitrogens with two attached hydrogens (primary N) is 1. The second kappa shape index (κ2) is 6.31. The summed E-state index contributed by atoms with van der Waals surface area (Å²) >= 11 is 6.25. The Balaban J connectivity index is 1.82. The van der Waals surface area contributed by atoms with Crippen molar-refractivity contribution in [2.24, 2.45) is 0 Å². The van der Waals surface area contributed by atoms with Crippen molar-refractivity contribution in [2.75, 3.05) is 12.8 Å². The van der Waals surface area contributed by atoms with E-state index in [4.69, 9.17) is 27.1 Å². The minimum atomic E-state index is 0.206. The number of ether oxygens (including phenoxy) is 1. The van der Waals surface area contributed by atoms with Crippen LogP contribution in [-0.4, -0.2) is 21.8 Å². The van der Waals surface area contributed by atoms with Crippen molar-refractivity contribution < 1.29 is 9.84 Å². The second-order valence-corrected chi connectivity index (χ2v) is 7.71. The van der Waals surface area contributed by atoms with Gasteiger partial charge in [-0.05, 0) is 37.5 Å². The molecule has 2 heterocycles. The Hall–Kier alpha value is -2.92. The van der Waals surface area contributed by atoms with Gasteiger partial charge in [-0.3, -0.25) is 0 Å². The monoisotopic (exact) mass is 393 g/mol. The van der Waals surface area contributed by atoms with Crippen LogP contribution in [-0.2, 0) is 0 Å². The first kappa shape index (κ1) is 17.2. The van der Waals surface area contributed by atoms with E-state index in [9.17, 15) is 5.11 Å². The van der Waals surface area contributed by atoms with Crippen LogP contribution in [0.2, 0.25) is 5.02 Å². The highest BCUT2D eigenvalue weighted by Crippen LogP contribution is 2.44. The third-order valence-electron chi connectivity index (χ3n) is 5.73. The van der Waals surface area contributed by atoms with Crippen LogP contribution in [0.5, 0.6) is 11.6 Å². The average Bonchev–Trinajstić information content (AvgIpc) is 2.96. The number of benzene rings is 2. The van der Waals surface area contributed by atoms with Gasteiger partial charge in [-0.15, -0.1) is 0 Å². The molecule has 4 aromatic rings. The number of halogens is 1. The number of aromatic hydroxyl groups is 1. The second-order valence-electron chi connectivity index (χ2n) is 7.28. The molecule has 142 valence electrons. The predicted octanol–water partition coefficient (Wildman–Crippen LogP) is 5.53. The van der Waals surface area contributed by atoms with E-state index >= 15 is 0 Å². The van der Waals surface area contributed by atoms with Crippen molar-refractivity contribution in [3.8, 4) is 22.8 Å². The van der Waals surface area contributed by atoms with Crippen LogP contribution in [0, 0.1) is 0 Å². The molecule has 0 saturated heterocycles. The molecule has 3 N–H and O–H groups in total. The van der Waals surface area contributed by atoms with Crippen LogP contribution in [0.4, 0.5) is 5.69 Å². The zero-order chi connectivity index (χ0) is 19.4. The fourth-order valence-corrected chi connectivity index (χ4v) is 4.20. The number of para-hydroxylation sites is 1. The van der Waals surface area contributed by atoms with Gasteiger partial charge in [0.1, 0.15) is 5.75 Å². The molecule has 5 nitrogen and oxygen atoms in total. The lowest BCUT2D eigenvalue weighted by atomic mass is 9.93. The Kier molecular flexibility index (Phi) is 3.88. The lowest BCUT2D eigenvalue weighted by Crippen LogP contribution is -2.15. The number of nitrogen functional groups attached to an aromatic ring is 1. The Morgan fingerprint density at radius 1 is 1.21 bits per heavy atom. The van der Waals surface area contributed by atoms with Gasteiger partial charge in [-0.25, -0.2) is 4.98 Å². The maximum absolute atomic E-state index is 10.8. The molecule has 2 aromatic carbocycles. The van der Waals surface area contributed by atoms with Gasteiger partial charge < -0.3 is 20.1 Å². The zero-order valence-corrected chi connectivity index (χ0v) is 16.2. The first-order valence-electron chi connectivity index (χ1n) is 9.34. The molecule has 0 atom stereocenters. The maximum atomic E-state index is 10.8. The SMILES string of the molecule is COc1ccc(Cl)cc1-c1cccc2c(N)c3c(O)n(C4CCC4)cc3nc12. The van der Waals surface area contributed by atoms with Crippen molar-refractivity contribution in [1.29, 1.82) is 0 Å². The zero-order valence-electron chi connectivity index (χ0n) is 15.4. The minimum Gasteiger partial charge on any atom is -0.496 e. The van der Waals surface area contributed by atoms with E-state index in [1.165, 1.54) is 6.42 Å². The lowest BCUT2D eigenvalue weighted by Gasteiger charge is -2.27. The standard InChI is InChI=1S/C22H20ClN3O2/c1-28-18-9-8-12(23)10-16(18)14-6-3-7-15-20(24)19-17(25-21(14)15)11-26(22(19)27)13-4-2-5-13/h3,6-11,13,27H,2,4-5,24H2,1H3. The molecular weight excluding hydrogens is 374 g/mol. The summed E-state index contributed by atoms with van der Waals surface area (Å²) in [7, 11) is 1.63. The fourth-order valence-electron chi connectivity index (χ4n) is 4.03. The summed E-state index contributed by atoms with van der Waals surface area (Å²) in [6.07, 6.45) is 5.23. The third kappa shape index (κ3) is 2.43. The molecule has 0 amide bonds. The summed E-state index contributed by atoms with van der Waals surface area (Å²) in [5.41, 5.74) is 10.3. The molecule has 1 saturated carbocycles.